The van der Waals surface area contributed by atoms with Crippen LogP contribution in [-0.4, -0.2) is 15.6 Å². The number of hydrogen-bond acceptors (Lipinski definition) is 2. The van der Waals surface area contributed by atoms with E-state index in [1.54, 1.807) is 31.3 Å². The largest absolute Gasteiger partial charge is 0.481 e. The van der Waals surface area contributed by atoms with Crippen molar-refractivity contribution < 1.29 is 9.90 Å². The molecule has 0 fully saturated rings. The number of fused-ring (bicyclic) bond motifs is 1. The minimum Gasteiger partial charge on any atom is -0.481 e. The molecule has 2 rings (SSSR count). The maximum atomic E-state index is 12.3. The topological polar surface area (TPSA) is 59.3 Å². The number of nitrogens with zero attached hydrogens (tertiary/aromatic N) is 1. The molecule has 2 aromatic rings. The highest BCUT2D eigenvalue weighted by Gasteiger charge is 2.32. The summed E-state index contributed by atoms with van der Waals surface area (Å²) < 4.78 is 1.43. The van der Waals surface area contributed by atoms with Gasteiger partial charge in [-0.15, -0.1) is 0 Å². The Morgan fingerprint density at radius 2 is 1.95 bits per heavy atom. The molecule has 1 aromatic carbocycles. The Morgan fingerprint density at radius 3 is 2.53 bits per heavy atom. The van der Waals surface area contributed by atoms with Gasteiger partial charge in [0.2, 0.25) is 0 Å². The normalized spacial score (nSPS) is 11.8. The minimum atomic E-state index is -1.23. The second-order valence-electron chi connectivity index (χ2n) is 5.06. The van der Waals surface area contributed by atoms with E-state index in [0.29, 0.717) is 10.5 Å². The van der Waals surface area contributed by atoms with Gasteiger partial charge in [-0.1, -0.05) is 17.7 Å². The van der Waals surface area contributed by atoms with Crippen LogP contribution in [-0.2, 0) is 17.3 Å². The number of carbonyl (C=O) groups is 1. The van der Waals surface area contributed by atoms with E-state index in [1.165, 1.54) is 18.4 Å². The molecule has 0 bridgehead atoms. The zero-order valence-corrected chi connectivity index (χ0v) is 11.7. The van der Waals surface area contributed by atoms with Crippen LogP contribution in [0.5, 0.6) is 0 Å². The lowest BCUT2D eigenvalue weighted by molar-refractivity contribution is -0.142. The Labute approximate surface area is 115 Å². The van der Waals surface area contributed by atoms with Crippen molar-refractivity contribution in [1.29, 1.82) is 0 Å². The van der Waals surface area contributed by atoms with Crippen LogP contribution in [0.1, 0.15) is 19.4 Å². The van der Waals surface area contributed by atoms with Crippen LogP contribution in [0.3, 0.4) is 0 Å². The predicted octanol–water partition coefficient (Wildman–Crippen LogP) is 2.55. The summed E-state index contributed by atoms with van der Waals surface area (Å²) in [4.78, 5) is 23.6. The molecule has 0 unspecified atom stereocenters. The Kier molecular flexibility index (Phi) is 3.14. The van der Waals surface area contributed by atoms with Crippen LogP contribution in [0.2, 0.25) is 5.02 Å². The fraction of sp³-hybridized carbons (Fsp3) is 0.286. The lowest BCUT2D eigenvalue weighted by Crippen LogP contribution is -2.37. The number of benzene rings is 1. The standard InChI is InChI=1S/C14H14ClNO3/c1-14(2,13(18)19)10-6-8-4-5-9(15)7-11(8)16(3)12(10)17/h4-7H,1-3H3,(H,18,19). The smallest absolute Gasteiger partial charge is 0.313 e. The van der Waals surface area contributed by atoms with Crippen molar-refractivity contribution in [3.8, 4) is 0 Å². The van der Waals surface area contributed by atoms with Crippen molar-refractivity contribution in [2.24, 2.45) is 7.05 Å². The molecule has 0 radical (unpaired) electrons. The molecule has 1 heterocycles. The van der Waals surface area contributed by atoms with Crippen molar-refractivity contribution in [3.63, 3.8) is 0 Å². The van der Waals surface area contributed by atoms with Gasteiger partial charge in [-0.3, -0.25) is 9.59 Å². The minimum absolute atomic E-state index is 0.261. The number of halogens is 1. The fourth-order valence-corrected chi connectivity index (χ4v) is 2.17. The van der Waals surface area contributed by atoms with Crippen LogP contribution in [0.25, 0.3) is 10.9 Å². The van der Waals surface area contributed by atoms with Gasteiger partial charge >= 0.3 is 5.97 Å². The molecule has 0 saturated carbocycles. The quantitative estimate of drug-likeness (QED) is 0.919. The van der Waals surface area contributed by atoms with Crippen molar-refractivity contribution in [3.05, 3.63) is 45.2 Å². The Balaban J connectivity index is 2.87. The average molecular weight is 280 g/mol. The van der Waals surface area contributed by atoms with Gasteiger partial charge < -0.3 is 9.67 Å². The first-order chi connectivity index (χ1) is 8.75. The van der Waals surface area contributed by atoms with Crippen LogP contribution in [0, 0.1) is 0 Å². The highest BCUT2D eigenvalue weighted by Crippen LogP contribution is 2.25. The van der Waals surface area contributed by atoms with Gasteiger partial charge in [-0.25, -0.2) is 0 Å². The highest BCUT2D eigenvalue weighted by atomic mass is 35.5. The SMILES string of the molecule is Cn1c(=O)c(C(C)(C)C(=O)O)cc2ccc(Cl)cc21. The van der Waals surface area contributed by atoms with Gasteiger partial charge in [-0.2, -0.15) is 0 Å². The number of carboxylic acids is 1. The number of pyridine rings is 1. The average Bonchev–Trinajstić information content (AvgIpc) is 2.34. The van der Waals surface area contributed by atoms with Gasteiger partial charge in [0.1, 0.15) is 0 Å². The van der Waals surface area contributed by atoms with E-state index < -0.39 is 11.4 Å². The van der Waals surface area contributed by atoms with Crippen molar-refractivity contribution in [2.75, 3.05) is 0 Å². The van der Waals surface area contributed by atoms with Gasteiger partial charge in [0, 0.05) is 17.6 Å². The van der Waals surface area contributed by atoms with Gasteiger partial charge in [0.25, 0.3) is 5.56 Å². The van der Waals surface area contributed by atoms with Crippen LogP contribution in [0.4, 0.5) is 0 Å². The molecule has 0 atom stereocenters. The zero-order valence-electron chi connectivity index (χ0n) is 10.9. The summed E-state index contributed by atoms with van der Waals surface area (Å²) >= 11 is 5.91. The van der Waals surface area contributed by atoms with Crippen LogP contribution in [0.15, 0.2) is 29.1 Å². The van der Waals surface area contributed by atoms with E-state index in [9.17, 15) is 14.7 Å². The molecule has 1 aromatic heterocycles. The maximum absolute atomic E-state index is 12.3. The summed E-state index contributed by atoms with van der Waals surface area (Å²) in [5, 5.41) is 10.6. The molecular formula is C14H14ClNO3. The van der Waals surface area contributed by atoms with Crippen molar-refractivity contribution >= 4 is 28.5 Å². The number of aromatic nitrogens is 1. The van der Waals surface area contributed by atoms with Gasteiger partial charge in [0.05, 0.1) is 10.9 Å². The number of carboxylic acid groups (broad SMARTS) is 1. The molecule has 0 amide bonds. The summed E-state index contributed by atoms with van der Waals surface area (Å²) in [6.07, 6.45) is 0. The van der Waals surface area contributed by atoms with Crippen molar-refractivity contribution in [1.82, 2.24) is 4.57 Å². The third-order valence-electron chi connectivity index (χ3n) is 3.40. The molecule has 0 aliphatic rings. The first-order valence-corrected chi connectivity index (χ1v) is 6.16. The summed E-state index contributed by atoms with van der Waals surface area (Å²) in [6, 6.07) is 6.81. The molecule has 0 aliphatic carbocycles. The maximum Gasteiger partial charge on any atom is 0.313 e. The molecule has 0 spiro atoms. The molecule has 0 aliphatic heterocycles. The van der Waals surface area contributed by atoms with Crippen LogP contribution >= 0.6 is 11.6 Å². The first kappa shape index (κ1) is 13.6. The van der Waals surface area contributed by atoms with Crippen LogP contribution < -0.4 is 5.56 Å². The summed E-state index contributed by atoms with van der Waals surface area (Å²) in [6.45, 7) is 3.04. The Morgan fingerprint density at radius 1 is 1.32 bits per heavy atom. The summed E-state index contributed by atoms with van der Waals surface area (Å²) in [5.41, 5.74) is -0.607. The number of hydrogen-bond donors (Lipinski definition) is 1. The first-order valence-electron chi connectivity index (χ1n) is 5.78. The molecule has 1 N–H and O–H groups in total. The summed E-state index contributed by atoms with van der Waals surface area (Å²) in [7, 11) is 1.61. The number of aliphatic carboxylic acids is 1. The van der Waals surface area contributed by atoms with Gasteiger partial charge in [-0.05, 0) is 37.4 Å². The van der Waals surface area contributed by atoms with E-state index in [4.69, 9.17) is 11.6 Å². The Bertz CT molecular complexity index is 731. The number of rotatable bonds is 2. The monoisotopic (exact) mass is 279 g/mol. The second kappa shape index (κ2) is 4.38. The predicted molar refractivity (Wildman–Crippen MR) is 74.9 cm³/mol. The second-order valence-corrected chi connectivity index (χ2v) is 5.49. The highest BCUT2D eigenvalue weighted by molar-refractivity contribution is 6.31. The van der Waals surface area contributed by atoms with E-state index in [2.05, 4.69) is 0 Å². The molecule has 4 nitrogen and oxygen atoms in total. The molecular weight excluding hydrogens is 266 g/mol. The molecule has 100 valence electrons. The van der Waals surface area contributed by atoms with Crippen molar-refractivity contribution in [2.45, 2.75) is 19.3 Å². The lowest BCUT2D eigenvalue weighted by Gasteiger charge is -2.20. The zero-order chi connectivity index (χ0) is 14.4. The fourth-order valence-electron chi connectivity index (χ4n) is 2.00. The molecule has 0 saturated heterocycles. The van der Waals surface area contributed by atoms with Gasteiger partial charge in [0.15, 0.2) is 0 Å². The van der Waals surface area contributed by atoms with E-state index in [0.717, 1.165) is 5.39 Å². The lowest BCUT2D eigenvalue weighted by atomic mass is 9.85. The molecule has 5 heteroatoms. The summed E-state index contributed by atoms with van der Waals surface area (Å²) in [5.74, 6) is -1.03. The van der Waals surface area contributed by atoms with E-state index in [1.807, 2.05) is 0 Å². The number of aryl methyl sites for hydroxylation is 1. The third-order valence-corrected chi connectivity index (χ3v) is 3.63. The molecule has 19 heavy (non-hydrogen) atoms. The van der Waals surface area contributed by atoms with E-state index in [-0.39, 0.29) is 11.1 Å². The third kappa shape index (κ3) is 2.12. The van der Waals surface area contributed by atoms with E-state index >= 15 is 0 Å². The Hall–Kier alpha value is -1.81.